The van der Waals surface area contributed by atoms with E-state index in [-0.39, 0.29) is 19.4 Å². The van der Waals surface area contributed by atoms with Gasteiger partial charge >= 0.3 is 25.7 Å². The summed E-state index contributed by atoms with van der Waals surface area (Å²) in [5.41, 5.74) is 5.31. The third-order valence-corrected chi connectivity index (χ3v) is 8.51. The van der Waals surface area contributed by atoms with Crippen molar-refractivity contribution in [2.45, 2.75) is 154 Å². The lowest BCUT2D eigenvalue weighted by atomic mass is 10.1. The molecule has 0 aromatic carbocycles. The molecule has 0 rings (SSSR count). The van der Waals surface area contributed by atoms with Gasteiger partial charge in [0, 0.05) is 12.8 Å². The summed E-state index contributed by atoms with van der Waals surface area (Å²) in [6.07, 6.45) is 34.7. The van der Waals surface area contributed by atoms with Crippen LogP contribution in [-0.4, -0.2) is 59.9 Å². The van der Waals surface area contributed by atoms with Crippen molar-refractivity contribution in [1.82, 2.24) is 0 Å². The topological polar surface area (TPSA) is 172 Å². The van der Waals surface area contributed by atoms with E-state index >= 15 is 0 Å². The Morgan fingerprint density at radius 3 is 1.72 bits per heavy atom. The molecule has 0 aromatic heterocycles. The Morgan fingerprint density at radius 1 is 0.640 bits per heavy atom. The largest absolute Gasteiger partial charge is 0.480 e. The van der Waals surface area contributed by atoms with Gasteiger partial charge in [-0.25, -0.2) is 4.57 Å². The fraction of sp³-hybridized carbons (Fsp3) is 0.711. The first-order valence-corrected chi connectivity index (χ1v) is 20.2. The first kappa shape index (κ1) is 47.4. The van der Waals surface area contributed by atoms with Crippen LogP contribution >= 0.6 is 7.82 Å². The summed E-state index contributed by atoms with van der Waals surface area (Å²) in [6.45, 7) is 2.60. The lowest BCUT2D eigenvalue weighted by Crippen LogP contribution is -2.34. The van der Waals surface area contributed by atoms with Gasteiger partial charge in [0.2, 0.25) is 0 Å². The summed E-state index contributed by atoms with van der Waals surface area (Å²) in [4.78, 5) is 45.7. The summed E-state index contributed by atoms with van der Waals surface area (Å²) in [5, 5.41) is 8.85. The van der Waals surface area contributed by atoms with E-state index < -0.39 is 51.1 Å². The molecule has 0 aliphatic carbocycles. The first-order chi connectivity index (χ1) is 24.1. The molecule has 0 aliphatic rings. The fourth-order valence-corrected chi connectivity index (χ4v) is 5.38. The highest BCUT2D eigenvalue weighted by molar-refractivity contribution is 7.47. The molecule has 0 heterocycles. The molecule has 0 saturated heterocycles. The number of hydrogen-bond acceptors (Lipinski definition) is 9. The molecule has 0 radical (unpaired) electrons. The zero-order valence-electron chi connectivity index (χ0n) is 30.7. The van der Waals surface area contributed by atoms with E-state index in [2.05, 4.69) is 67.0 Å². The molecule has 0 spiro atoms. The Kier molecular flexibility index (Phi) is 31.9. The van der Waals surface area contributed by atoms with E-state index in [0.717, 1.165) is 77.0 Å². The number of carboxylic acid groups (broad SMARTS) is 1. The van der Waals surface area contributed by atoms with Crippen molar-refractivity contribution in [2.24, 2.45) is 5.73 Å². The normalized spacial score (nSPS) is 14.5. The van der Waals surface area contributed by atoms with E-state index in [1.807, 2.05) is 0 Å². The van der Waals surface area contributed by atoms with Gasteiger partial charge in [0.05, 0.1) is 13.2 Å². The number of unbranched alkanes of at least 4 members (excludes halogenated alkanes) is 12. The lowest BCUT2D eigenvalue weighted by Gasteiger charge is -2.20. The van der Waals surface area contributed by atoms with Crippen molar-refractivity contribution in [1.29, 1.82) is 0 Å². The molecule has 50 heavy (non-hydrogen) atoms. The Morgan fingerprint density at radius 2 is 1.12 bits per heavy atom. The van der Waals surface area contributed by atoms with Gasteiger partial charge in [0.1, 0.15) is 12.6 Å². The minimum absolute atomic E-state index is 0.123. The predicted molar refractivity (Wildman–Crippen MR) is 198 cm³/mol. The Bertz CT molecular complexity index is 1040. The third kappa shape index (κ3) is 32.6. The van der Waals surface area contributed by atoms with Gasteiger partial charge in [-0.3, -0.25) is 23.4 Å². The van der Waals surface area contributed by atoms with Gasteiger partial charge in [0.15, 0.2) is 6.10 Å². The van der Waals surface area contributed by atoms with Crippen molar-refractivity contribution in [2.75, 3.05) is 19.8 Å². The molecule has 11 nitrogen and oxygen atoms in total. The Labute approximate surface area is 301 Å². The number of carbonyl (C=O) groups is 3. The number of carboxylic acids is 1. The van der Waals surface area contributed by atoms with Crippen LogP contribution in [0, 0.1) is 0 Å². The molecule has 12 heteroatoms. The first-order valence-electron chi connectivity index (χ1n) is 18.7. The van der Waals surface area contributed by atoms with E-state index in [0.29, 0.717) is 12.8 Å². The number of nitrogens with two attached hydrogens (primary N) is 1. The van der Waals surface area contributed by atoms with Crippen molar-refractivity contribution in [3.05, 3.63) is 48.6 Å². The smallest absolute Gasteiger partial charge is 0.472 e. The molecule has 288 valence electrons. The maximum Gasteiger partial charge on any atom is 0.472 e. The SMILES string of the molecule is CC/C=C\C/C=C\C/C=C\CCCCCC(=O)OC(COC(=O)CCCCCCC/C=C\CCCCCC)COP(=O)(O)OCC(N)C(=O)O. The van der Waals surface area contributed by atoms with Crippen LogP contribution in [0.2, 0.25) is 0 Å². The number of rotatable bonds is 34. The number of carbonyl (C=O) groups excluding carboxylic acids is 2. The minimum atomic E-state index is -4.72. The molecule has 4 N–H and O–H groups in total. The average Bonchev–Trinajstić information content (AvgIpc) is 3.09. The quantitative estimate of drug-likeness (QED) is 0.0250. The summed E-state index contributed by atoms with van der Waals surface area (Å²) in [7, 11) is -4.72. The van der Waals surface area contributed by atoms with Gasteiger partial charge in [0.25, 0.3) is 0 Å². The van der Waals surface area contributed by atoms with Gasteiger partial charge in [-0.15, -0.1) is 0 Å². The highest BCUT2D eigenvalue weighted by Gasteiger charge is 2.28. The third-order valence-electron chi connectivity index (χ3n) is 7.56. The van der Waals surface area contributed by atoms with Gasteiger partial charge in [-0.2, -0.15) is 0 Å². The second-order valence-corrected chi connectivity index (χ2v) is 13.8. The second-order valence-electron chi connectivity index (χ2n) is 12.3. The van der Waals surface area contributed by atoms with Gasteiger partial charge in [-0.05, 0) is 70.6 Å². The van der Waals surface area contributed by atoms with Crippen molar-refractivity contribution in [3.8, 4) is 0 Å². The molecule has 0 fully saturated rings. The Balaban J connectivity index is 4.53. The van der Waals surface area contributed by atoms with Crippen LogP contribution < -0.4 is 5.73 Å². The van der Waals surface area contributed by atoms with Crippen molar-refractivity contribution < 1.29 is 47.5 Å². The number of hydrogen-bond donors (Lipinski definition) is 3. The molecule has 0 bridgehead atoms. The highest BCUT2D eigenvalue weighted by atomic mass is 31.2. The molecule has 3 unspecified atom stereocenters. The van der Waals surface area contributed by atoms with Crippen LogP contribution in [0.25, 0.3) is 0 Å². The van der Waals surface area contributed by atoms with Crippen LogP contribution in [0.3, 0.4) is 0 Å². The zero-order valence-corrected chi connectivity index (χ0v) is 31.6. The zero-order chi connectivity index (χ0) is 37.1. The van der Waals surface area contributed by atoms with Crippen LogP contribution in [0.5, 0.6) is 0 Å². The predicted octanol–water partition coefficient (Wildman–Crippen LogP) is 9.05. The Hall–Kier alpha value is -2.56. The molecule has 3 atom stereocenters. The number of phosphoric ester groups is 1. The average molecular weight is 728 g/mol. The maximum atomic E-state index is 12.5. The van der Waals surface area contributed by atoms with Crippen LogP contribution in [0.1, 0.15) is 142 Å². The number of esters is 2. The molecule has 0 aromatic rings. The number of ether oxygens (including phenoxy) is 2. The second kappa shape index (κ2) is 33.6. The molecular weight excluding hydrogens is 661 g/mol. The lowest BCUT2D eigenvalue weighted by molar-refractivity contribution is -0.161. The van der Waals surface area contributed by atoms with E-state index in [1.165, 1.54) is 25.7 Å². The summed E-state index contributed by atoms with van der Waals surface area (Å²) in [6, 6.07) is -1.53. The molecule has 0 aliphatic heterocycles. The molecule has 0 saturated carbocycles. The summed E-state index contributed by atoms with van der Waals surface area (Å²) in [5.74, 6) is -2.44. The van der Waals surface area contributed by atoms with E-state index in [1.54, 1.807) is 0 Å². The number of aliphatic carboxylic acids is 1. The summed E-state index contributed by atoms with van der Waals surface area (Å²) >= 11 is 0. The standard InChI is InChI=1S/C38H66NO10P/c1-3-5-7-9-11-13-15-17-19-21-23-25-27-29-36(40)46-31-34(32-47-50(44,45)48-33-35(39)38(42)43)49-37(41)30-28-26-24-22-20-18-16-14-12-10-8-6-4-2/h6,8,12-15,18,20,34-35H,3-5,7,9-11,16-17,19,21-33,39H2,1-2H3,(H,42,43)(H,44,45)/b8-6-,14-12-,15-13-,20-18-. The fourth-order valence-electron chi connectivity index (χ4n) is 4.60. The van der Waals surface area contributed by atoms with Crippen molar-refractivity contribution >= 4 is 25.7 Å². The van der Waals surface area contributed by atoms with Crippen LogP contribution in [-0.2, 0) is 37.5 Å². The molecule has 0 amide bonds. The maximum absolute atomic E-state index is 12.5. The van der Waals surface area contributed by atoms with Gasteiger partial charge in [-0.1, -0.05) is 107 Å². The van der Waals surface area contributed by atoms with Gasteiger partial charge < -0.3 is 25.2 Å². The minimum Gasteiger partial charge on any atom is -0.480 e. The van der Waals surface area contributed by atoms with Crippen molar-refractivity contribution in [3.63, 3.8) is 0 Å². The summed E-state index contributed by atoms with van der Waals surface area (Å²) < 4.78 is 32.5. The van der Waals surface area contributed by atoms with Crippen LogP contribution in [0.15, 0.2) is 48.6 Å². The van der Waals surface area contributed by atoms with E-state index in [9.17, 15) is 23.8 Å². The molecular formula is C38H66NO10P. The monoisotopic (exact) mass is 727 g/mol. The highest BCUT2D eigenvalue weighted by Crippen LogP contribution is 2.43. The number of phosphoric acid groups is 1. The van der Waals surface area contributed by atoms with E-state index in [4.69, 9.17) is 24.8 Å². The number of allylic oxidation sites excluding steroid dienone is 8. The van der Waals surface area contributed by atoms with Crippen LogP contribution in [0.4, 0.5) is 0 Å².